The number of likely N-dealkylation sites (tertiary alicyclic amines) is 1. The molecule has 4 aliphatic rings. The van der Waals surface area contributed by atoms with E-state index in [-0.39, 0.29) is 0 Å². The lowest BCUT2D eigenvalue weighted by atomic mass is 10.1. The molecule has 4 rings (SSSR count). The van der Waals surface area contributed by atoms with E-state index < -0.39 is 0 Å². The SMILES string of the molecule is CCCCN1C2=CCC(NCN3C4CCCCCC43)=C1CC2. The summed E-state index contributed by atoms with van der Waals surface area (Å²) in [4.78, 5) is 5.31. The Bertz CT molecular complexity index is 467. The first kappa shape index (κ1) is 14.6. The van der Waals surface area contributed by atoms with Crippen LogP contribution in [-0.4, -0.2) is 35.1 Å². The summed E-state index contributed by atoms with van der Waals surface area (Å²) in [5, 5.41) is 3.81. The zero-order chi connectivity index (χ0) is 14.9. The molecule has 1 saturated carbocycles. The molecule has 0 amide bonds. The number of nitrogens with one attached hydrogen (secondary N) is 1. The number of nitrogens with zero attached hydrogens (tertiary/aromatic N) is 2. The van der Waals surface area contributed by atoms with Crippen molar-refractivity contribution in [2.75, 3.05) is 13.2 Å². The standard InChI is InChI=1S/C19H31N3/c1-2-3-13-21-15-9-11-16(17(21)12-10-15)20-14-22-18-7-5-4-6-8-19(18)22/h9,18-20H,2-8,10-14H2,1H3. The molecule has 1 aliphatic carbocycles. The topological polar surface area (TPSA) is 18.3 Å². The molecule has 3 nitrogen and oxygen atoms in total. The highest BCUT2D eigenvalue weighted by Crippen LogP contribution is 2.40. The van der Waals surface area contributed by atoms with Crippen molar-refractivity contribution in [1.82, 2.24) is 15.1 Å². The molecule has 2 saturated heterocycles. The normalized spacial score (nSPS) is 33.4. The molecule has 22 heavy (non-hydrogen) atoms. The highest BCUT2D eigenvalue weighted by molar-refractivity contribution is 5.32. The van der Waals surface area contributed by atoms with Gasteiger partial charge in [-0.05, 0) is 32.1 Å². The number of rotatable bonds is 6. The number of unbranched alkanes of at least 4 members (excludes halogenated alkanes) is 1. The molecule has 0 radical (unpaired) electrons. The molecular formula is C19H31N3. The van der Waals surface area contributed by atoms with Crippen LogP contribution in [0.2, 0.25) is 0 Å². The third-order valence-corrected chi connectivity index (χ3v) is 6.10. The van der Waals surface area contributed by atoms with Crippen LogP contribution < -0.4 is 5.32 Å². The average Bonchev–Trinajstić information content (AvgIpc) is 3.17. The third kappa shape index (κ3) is 2.68. The van der Waals surface area contributed by atoms with Gasteiger partial charge in [0.2, 0.25) is 0 Å². The summed E-state index contributed by atoms with van der Waals surface area (Å²) in [6.07, 6.45) is 15.9. The first-order valence-electron chi connectivity index (χ1n) is 9.56. The fourth-order valence-corrected chi connectivity index (χ4v) is 4.74. The quantitative estimate of drug-likeness (QED) is 0.749. The van der Waals surface area contributed by atoms with Gasteiger partial charge >= 0.3 is 0 Å². The van der Waals surface area contributed by atoms with Crippen LogP contribution in [0.1, 0.15) is 71.1 Å². The fourth-order valence-electron chi connectivity index (χ4n) is 4.74. The van der Waals surface area contributed by atoms with Crippen molar-refractivity contribution in [3.05, 3.63) is 23.2 Å². The van der Waals surface area contributed by atoms with Gasteiger partial charge in [-0.2, -0.15) is 0 Å². The van der Waals surface area contributed by atoms with Gasteiger partial charge in [0.1, 0.15) is 0 Å². The van der Waals surface area contributed by atoms with E-state index in [9.17, 15) is 0 Å². The lowest BCUT2D eigenvalue weighted by molar-refractivity contribution is 0.391. The van der Waals surface area contributed by atoms with Crippen LogP contribution in [0.15, 0.2) is 23.2 Å². The fraction of sp³-hybridized carbons (Fsp3) is 0.789. The summed E-state index contributed by atoms with van der Waals surface area (Å²) in [5.41, 5.74) is 4.71. The van der Waals surface area contributed by atoms with Gasteiger partial charge in [0, 0.05) is 42.1 Å². The Morgan fingerprint density at radius 3 is 2.73 bits per heavy atom. The van der Waals surface area contributed by atoms with Crippen LogP contribution in [0.5, 0.6) is 0 Å². The van der Waals surface area contributed by atoms with Crippen molar-refractivity contribution in [3.8, 4) is 0 Å². The van der Waals surface area contributed by atoms with Gasteiger partial charge in [-0.1, -0.05) is 38.7 Å². The summed E-state index contributed by atoms with van der Waals surface area (Å²) < 4.78 is 0. The predicted molar refractivity (Wildman–Crippen MR) is 91.1 cm³/mol. The Kier molecular flexibility index (Phi) is 4.17. The van der Waals surface area contributed by atoms with Gasteiger partial charge < -0.3 is 10.2 Å². The largest absolute Gasteiger partial charge is 0.374 e. The summed E-state index contributed by atoms with van der Waals surface area (Å²) in [7, 11) is 0. The summed E-state index contributed by atoms with van der Waals surface area (Å²) in [6.45, 7) is 4.59. The zero-order valence-corrected chi connectivity index (χ0v) is 14.1. The number of allylic oxidation sites excluding steroid dienone is 3. The molecule has 122 valence electrons. The maximum absolute atomic E-state index is 3.81. The van der Waals surface area contributed by atoms with Gasteiger partial charge in [0.25, 0.3) is 0 Å². The second-order valence-corrected chi connectivity index (χ2v) is 7.45. The Hall–Kier alpha value is -0.960. The average molecular weight is 301 g/mol. The smallest absolute Gasteiger partial charge is 0.0682 e. The minimum absolute atomic E-state index is 0.898. The van der Waals surface area contributed by atoms with E-state index in [1.54, 1.807) is 11.4 Å². The van der Waals surface area contributed by atoms with Crippen molar-refractivity contribution >= 4 is 0 Å². The van der Waals surface area contributed by atoms with Crippen molar-refractivity contribution in [2.24, 2.45) is 0 Å². The van der Waals surface area contributed by atoms with Crippen molar-refractivity contribution in [3.63, 3.8) is 0 Å². The van der Waals surface area contributed by atoms with Gasteiger partial charge in [-0.3, -0.25) is 4.90 Å². The van der Waals surface area contributed by atoms with E-state index in [0.717, 1.165) is 25.2 Å². The first-order valence-corrected chi connectivity index (χ1v) is 9.56. The van der Waals surface area contributed by atoms with Gasteiger partial charge in [0.05, 0.1) is 6.67 Å². The molecule has 2 unspecified atom stereocenters. The lowest BCUT2D eigenvalue weighted by Crippen LogP contribution is -2.30. The molecule has 3 heteroatoms. The zero-order valence-electron chi connectivity index (χ0n) is 14.1. The molecule has 3 fully saturated rings. The molecule has 0 aromatic rings. The maximum Gasteiger partial charge on any atom is 0.0682 e. The third-order valence-electron chi connectivity index (χ3n) is 6.10. The lowest BCUT2D eigenvalue weighted by Gasteiger charge is -2.29. The molecule has 0 spiro atoms. The molecule has 3 aliphatic heterocycles. The predicted octanol–water partition coefficient (Wildman–Crippen LogP) is 3.95. The van der Waals surface area contributed by atoms with E-state index in [1.165, 1.54) is 70.0 Å². The second-order valence-electron chi connectivity index (χ2n) is 7.45. The minimum atomic E-state index is 0.898. The summed E-state index contributed by atoms with van der Waals surface area (Å²) in [6, 6.07) is 1.80. The van der Waals surface area contributed by atoms with E-state index in [1.807, 2.05) is 0 Å². The van der Waals surface area contributed by atoms with Crippen molar-refractivity contribution in [2.45, 2.75) is 83.2 Å². The van der Waals surface area contributed by atoms with E-state index in [2.05, 4.69) is 28.1 Å². The first-order chi connectivity index (χ1) is 10.9. The molecule has 2 atom stereocenters. The van der Waals surface area contributed by atoms with Crippen LogP contribution >= 0.6 is 0 Å². The van der Waals surface area contributed by atoms with E-state index in [0.29, 0.717) is 0 Å². The number of hydrogen-bond donors (Lipinski definition) is 1. The minimum Gasteiger partial charge on any atom is -0.374 e. The molecule has 2 bridgehead atoms. The maximum atomic E-state index is 3.81. The highest BCUT2D eigenvalue weighted by Gasteiger charge is 2.46. The van der Waals surface area contributed by atoms with Gasteiger partial charge in [0.15, 0.2) is 0 Å². The Balaban J connectivity index is 1.35. The van der Waals surface area contributed by atoms with Crippen LogP contribution in [0, 0.1) is 0 Å². The molecule has 0 aromatic heterocycles. The van der Waals surface area contributed by atoms with Gasteiger partial charge in [-0.25, -0.2) is 0 Å². The highest BCUT2D eigenvalue weighted by atomic mass is 15.4. The number of fused-ring (bicyclic) bond motifs is 3. The Labute approximate surface area is 135 Å². The van der Waals surface area contributed by atoms with Crippen LogP contribution in [0.4, 0.5) is 0 Å². The molecule has 3 heterocycles. The van der Waals surface area contributed by atoms with Gasteiger partial charge in [-0.15, -0.1) is 0 Å². The van der Waals surface area contributed by atoms with Crippen molar-refractivity contribution in [1.29, 1.82) is 0 Å². The van der Waals surface area contributed by atoms with Crippen LogP contribution in [0.25, 0.3) is 0 Å². The van der Waals surface area contributed by atoms with Crippen molar-refractivity contribution < 1.29 is 0 Å². The Morgan fingerprint density at radius 1 is 1.14 bits per heavy atom. The monoisotopic (exact) mass is 301 g/mol. The number of hydrogen-bond acceptors (Lipinski definition) is 3. The molecule has 0 aromatic carbocycles. The van der Waals surface area contributed by atoms with Crippen LogP contribution in [0.3, 0.4) is 0 Å². The summed E-state index contributed by atoms with van der Waals surface area (Å²) in [5.74, 6) is 0. The molecular weight excluding hydrogens is 270 g/mol. The Morgan fingerprint density at radius 2 is 1.95 bits per heavy atom. The summed E-state index contributed by atoms with van der Waals surface area (Å²) >= 11 is 0. The van der Waals surface area contributed by atoms with E-state index in [4.69, 9.17) is 0 Å². The van der Waals surface area contributed by atoms with E-state index >= 15 is 0 Å². The molecule has 1 N–H and O–H groups in total. The second kappa shape index (κ2) is 6.27. The van der Waals surface area contributed by atoms with Crippen LogP contribution in [-0.2, 0) is 0 Å².